The number of aromatic nitrogens is 3. The molecule has 0 spiro atoms. The minimum atomic E-state index is -0.517. The molecule has 1 fully saturated rings. The van der Waals surface area contributed by atoms with Gasteiger partial charge in [-0.3, -0.25) is 25.1 Å². The summed E-state index contributed by atoms with van der Waals surface area (Å²) in [5, 5.41) is 15.4. The van der Waals surface area contributed by atoms with Gasteiger partial charge in [0.25, 0.3) is 17.5 Å². The summed E-state index contributed by atoms with van der Waals surface area (Å²) >= 11 is 1.29. The lowest BCUT2D eigenvalue weighted by Gasteiger charge is -2.24. The second-order valence-electron chi connectivity index (χ2n) is 4.91. The van der Waals surface area contributed by atoms with Crippen LogP contribution in [-0.4, -0.2) is 42.3 Å². The Hall–Kier alpha value is -2.95. The van der Waals surface area contributed by atoms with Crippen LogP contribution in [0.15, 0.2) is 36.9 Å². The van der Waals surface area contributed by atoms with E-state index in [1.807, 2.05) is 0 Å². The van der Waals surface area contributed by atoms with Gasteiger partial charge >= 0.3 is 0 Å². The average molecular weight is 348 g/mol. The summed E-state index contributed by atoms with van der Waals surface area (Å²) in [6.07, 6.45) is 2.69. The maximum Gasteiger partial charge on any atom is 0.269 e. The van der Waals surface area contributed by atoms with Crippen molar-refractivity contribution in [3.8, 4) is 0 Å². The van der Waals surface area contributed by atoms with Crippen molar-refractivity contribution >= 4 is 29.3 Å². The molecule has 124 valence electrons. The van der Waals surface area contributed by atoms with Gasteiger partial charge in [0, 0.05) is 12.1 Å². The lowest BCUT2D eigenvalue weighted by molar-refractivity contribution is -0.384. The van der Waals surface area contributed by atoms with Gasteiger partial charge < -0.3 is 0 Å². The molecule has 0 saturated carbocycles. The molecule has 1 aromatic carbocycles. The normalized spacial score (nSPS) is 17.1. The van der Waals surface area contributed by atoms with E-state index in [9.17, 15) is 19.7 Å². The van der Waals surface area contributed by atoms with E-state index in [2.05, 4.69) is 15.5 Å². The number of carbonyl (C=O) groups is 2. The Labute approximate surface area is 140 Å². The van der Waals surface area contributed by atoms with Crippen LogP contribution in [0.2, 0.25) is 0 Å². The van der Waals surface area contributed by atoms with Gasteiger partial charge in [-0.05, 0) is 5.56 Å². The predicted molar refractivity (Wildman–Crippen MR) is 83.3 cm³/mol. The molecule has 1 aliphatic heterocycles. The van der Waals surface area contributed by atoms with Crippen LogP contribution in [0, 0.1) is 10.1 Å². The zero-order valence-electron chi connectivity index (χ0n) is 12.2. The summed E-state index contributed by atoms with van der Waals surface area (Å²) in [6.45, 7) is -0.0872. The topological polar surface area (TPSA) is 123 Å². The quantitative estimate of drug-likeness (QED) is 0.616. The number of nitrogens with one attached hydrogen (secondary N) is 1. The number of hydrogen-bond acceptors (Lipinski definition) is 7. The maximum absolute atomic E-state index is 12.1. The van der Waals surface area contributed by atoms with Gasteiger partial charge in [0.05, 0.1) is 10.7 Å². The molecule has 3 rings (SSSR count). The number of carbonyl (C=O) groups excluding carboxylic acids is 2. The number of nitro groups is 1. The number of non-ortho nitro benzene ring substituents is 1. The Bertz CT molecular complexity index is 781. The second-order valence-corrected chi connectivity index (χ2v) is 5.98. The highest BCUT2D eigenvalue weighted by molar-refractivity contribution is 8.00. The van der Waals surface area contributed by atoms with E-state index in [4.69, 9.17) is 0 Å². The Morgan fingerprint density at radius 2 is 2.33 bits per heavy atom. The van der Waals surface area contributed by atoms with Crippen LogP contribution in [0.5, 0.6) is 0 Å². The van der Waals surface area contributed by atoms with Crippen molar-refractivity contribution in [3.63, 3.8) is 0 Å². The number of amides is 2. The lowest BCUT2D eigenvalue weighted by atomic mass is 10.2. The summed E-state index contributed by atoms with van der Waals surface area (Å²) in [4.78, 5) is 38.2. The first-order chi connectivity index (χ1) is 11.5. The van der Waals surface area contributed by atoms with Crippen LogP contribution in [0.25, 0.3) is 0 Å². The number of nitro benzene ring substituents is 1. The number of rotatable bonds is 5. The first-order valence-electron chi connectivity index (χ1n) is 6.84. The van der Waals surface area contributed by atoms with Crippen LogP contribution in [-0.2, 0) is 16.1 Å². The minimum absolute atomic E-state index is 0.0682. The summed E-state index contributed by atoms with van der Waals surface area (Å²) in [5.74, 6) is -0.535. The van der Waals surface area contributed by atoms with Gasteiger partial charge in [-0.2, -0.15) is 5.10 Å². The smallest absolute Gasteiger partial charge is 0.269 e. The molecule has 0 radical (unpaired) electrons. The van der Waals surface area contributed by atoms with E-state index in [-0.39, 0.29) is 23.9 Å². The molecule has 1 atom stereocenters. The summed E-state index contributed by atoms with van der Waals surface area (Å²) in [6, 6.07) is 6.00. The molecule has 1 aliphatic rings. The van der Waals surface area contributed by atoms with E-state index in [1.54, 1.807) is 12.1 Å². The molecule has 2 heterocycles. The molecule has 1 saturated heterocycles. The van der Waals surface area contributed by atoms with Crippen molar-refractivity contribution in [3.05, 3.63) is 52.6 Å². The lowest BCUT2D eigenvalue weighted by Crippen LogP contribution is -2.45. The van der Waals surface area contributed by atoms with Crippen LogP contribution in [0.4, 0.5) is 5.69 Å². The molecule has 2 aromatic rings. The van der Waals surface area contributed by atoms with Gasteiger partial charge in [0.1, 0.15) is 24.6 Å². The van der Waals surface area contributed by atoms with Crippen LogP contribution in [0.1, 0.15) is 10.9 Å². The third kappa shape index (κ3) is 3.35. The molecule has 11 heteroatoms. The number of hydrazine groups is 1. The van der Waals surface area contributed by atoms with Gasteiger partial charge in [-0.1, -0.05) is 12.1 Å². The largest absolute Gasteiger partial charge is 0.272 e. The SMILES string of the molecule is O=C(Cn1cncn1)NN1C(=O)CSC1c1cccc([N+](=O)[O-])c1. The third-order valence-corrected chi connectivity index (χ3v) is 4.46. The minimum Gasteiger partial charge on any atom is -0.272 e. The molecule has 1 N–H and O–H groups in total. The Balaban J connectivity index is 1.75. The Kier molecular flexibility index (Phi) is 4.42. The molecule has 1 aromatic heterocycles. The Morgan fingerprint density at radius 3 is 3.04 bits per heavy atom. The van der Waals surface area contributed by atoms with Crippen molar-refractivity contribution < 1.29 is 14.5 Å². The van der Waals surface area contributed by atoms with E-state index in [1.165, 1.54) is 46.2 Å². The molecule has 10 nitrogen and oxygen atoms in total. The molecule has 1 unspecified atom stereocenters. The van der Waals surface area contributed by atoms with E-state index in [0.29, 0.717) is 5.56 Å². The monoisotopic (exact) mass is 348 g/mol. The molecular formula is C13H12N6O4S. The second kappa shape index (κ2) is 6.66. The molecule has 0 aliphatic carbocycles. The van der Waals surface area contributed by atoms with E-state index in [0.717, 1.165) is 0 Å². The third-order valence-electron chi connectivity index (χ3n) is 3.25. The zero-order chi connectivity index (χ0) is 17.1. The highest BCUT2D eigenvalue weighted by Crippen LogP contribution is 2.38. The number of nitrogens with zero attached hydrogens (tertiary/aromatic N) is 5. The molecule has 24 heavy (non-hydrogen) atoms. The molecule has 0 bridgehead atoms. The van der Waals surface area contributed by atoms with Crippen LogP contribution < -0.4 is 5.43 Å². The molecular weight excluding hydrogens is 336 g/mol. The van der Waals surface area contributed by atoms with Crippen molar-refractivity contribution in [2.45, 2.75) is 11.9 Å². The summed E-state index contributed by atoms with van der Waals surface area (Å²) < 4.78 is 1.32. The van der Waals surface area contributed by atoms with Crippen molar-refractivity contribution in [1.29, 1.82) is 0 Å². The Morgan fingerprint density at radius 1 is 1.50 bits per heavy atom. The summed E-state index contributed by atoms with van der Waals surface area (Å²) in [5.41, 5.74) is 3.03. The zero-order valence-corrected chi connectivity index (χ0v) is 13.0. The van der Waals surface area contributed by atoms with Crippen LogP contribution >= 0.6 is 11.8 Å². The maximum atomic E-state index is 12.1. The van der Waals surface area contributed by atoms with Crippen molar-refractivity contribution in [2.24, 2.45) is 0 Å². The van der Waals surface area contributed by atoms with Gasteiger partial charge in [-0.15, -0.1) is 11.8 Å². The number of hydrogen-bond donors (Lipinski definition) is 1. The fourth-order valence-corrected chi connectivity index (χ4v) is 3.31. The highest BCUT2D eigenvalue weighted by atomic mass is 32.2. The first-order valence-corrected chi connectivity index (χ1v) is 7.89. The molecule has 2 amide bonds. The fourth-order valence-electron chi connectivity index (χ4n) is 2.21. The highest BCUT2D eigenvalue weighted by Gasteiger charge is 2.35. The van der Waals surface area contributed by atoms with Gasteiger partial charge in [0.2, 0.25) is 0 Å². The van der Waals surface area contributed by atoms with Gasteiger partial charge in [-0.25, -0.2) is 14.7 Å². The average Bonchev–Trinajstić information content (AvgIpc) is 3.18. The fraction of sp³-hybridized carbons (Fsp3) is 0.231. The summed E-state index contributed by atoms with van der Waals surface area (Å²) in [7, 11) is 0. The number of benzene rings is 1. The van der Waals surface area contributed by atoms with Gasteiger partial charge in [0.15, 0.2) is 0 Å². The van der Waals surface area contributed by atoms with Crippen molar-refractivity contribution in [2.75, 3.05) is 5.75 Å². The van der Waals surface area contributed by atoms with E-state index < -0.39 is 16.2 Å². The predicted octanol–water partition coefficient (Wildman–Crippen LogP) is 0.492. The van der Waals surface area contributed by atoms with E-state index >= 15 is 0 Å². The standard InChI is InChI=1S/C13H12N6O4S/c20-11(5-17-8-14-7-15-17)16-18-12(21)6-24-13(18)9-2-1-3-10(4-9)19(22)23/h1-4,7-8,13H,5-6H2,(H,16,20). The van der Waals surface area contributed by atoms with Crippen molar-refractivity contribution in [1.82, 2.24) is 25.2 Å². The van der Waals surface area contributed by atoms with Crippen LogP contribution in [0.3, 0.4) is 0 Å². The number of thioether (sulfide) groups is 1. The first kappa shape index (κ1) is 15.9.